The number of hydrogen-bond acceptors (Lipinski definition) is 4. The monoisotopic (exact) mass is 343 g/mol. The lowest BCUT2D eigenvalue weighted by Gasteiger charge is -2.28. The van der Waals surface area contributed by atoms with Crippen LogP contribution in [0, 0.1) is 0 Å². The Labute approximate surface area is 126 Å². The number of phenolic OH excluding ortho intramolecular Hbond substituents is 1. The average molecular weight is 344 g/mol. The third-order valence-electron chi connectivity index (χ3n) is 2.53. The zero-order valence-corrected chi connectivity index (χ0v) is 13.5. The van der Waals surface area contributed by atoms with Crippen molar-refractivity contribution in [2.75, 3.05) is 7.05 Å². The molecule has 1 N–H and O–H groups in total. The van der Waals surface area contributed by atoms with Crippen LogP contribution in [0.25, 0.3) is 0 Å². The minimum atomic E-state index is -0.841. The number of rotatable bonds is 3. The predicted octanol–water partition coefficient (Wildman–Crippen LogP) is 3.26. The first-order valence-electron chi connectivity index (χ1n) is 6.05. The van der Waals surface area contributed by atoms with Gasteiger partial charge in [-0.3, -0.25) is 4.90 Å². The second-order valence-electron chi connectivity index (χ2n) is 5.38. The Hall–Kier alpha value is -1.56. The molecule has 0 bridgehead atoms. The molecule has 6 heteroatoms. The fraction of sp³-hybridized carbons (Fsp3) is 0.429. The van der Waals surface area contributed by atoms with Crippen molar-refractivity contribution in [3.8, 4) is 5.75 Å². The third-order valence-corrected chi connectivity index (χ3v) is 3.25. The van der Waals surface area contributed by atoms with Crippen LogP contribution in [0.5, 0.6) is 5.75 Å². The summed E-state index contributed by atoms with van der Waals surface area (Å²) < 4.78 is 5.85. The van der Waals surface area contributed by atoms with E-state index in [1.54, 1.807) is 26.8 Å². The first kappa shape index (κ1) is 16.5. The molecular formula is C14H18BrNO4. The Morgan fingerprint density at radius 2 is 2.05 bits per heavy atom. The molecule has 1 atom stereocenters. The van der Waals surface area contributed by atoms with E-state index in [1.165, 1.54) is 24.1 Å². The maximum Gasteiger partial charge on any atom is 0.410 e. The zero-order chi connectivity index (χ0) is 15.5. The van der Waals surface area contributed by atoms with Crippen molar-refractivity contribution in [1.29, 1.82) is 0 Å². The summed E-state index contributed by atoms with van der Waals surface area (Å²) in [4.78, 5) is 24.5. The Bertz CT molecular complexity index is 510. The third kappa shape index (κ3) is 4.23. The minimum Gasteiger partial charge on any atom is -0.508 e. The lowest BCUT2D eigenvalue weighted by molar-refractivity contribution is -0.112. The van der Waals surface area contributed by atoms with E-state index in [0.29, 0.717) is 16.3 Å². The number of phenols is 1. The van der Waals surface area contributed by atoms with Crippen LogP contribution in [-0.2, 0) is 9.53 Å². The van der Waals surface area contributed by atoms with Gasteiger partial charge in [0.15, 0.2) is 0 Å². The number of carbonyl (C=O) groups excluding carboxylic acids is 2. The van der Waals surface area contributed by atoms with Gasteiger partial charge in [0.05, 0.1) is 0 Å². The summed E-state index contributed by atoms with van der Waals surface area (Å²) in [5.41, 5.74) is -0.150. The summed E-state index contributed by atoms with van der Waals surface area (Å²) in [5, 5.41) is 9.52. The lowest BCUT2D eigenvalue weighted by Crippen LogP contribution is -2.37. The van der Waals surface area contributed by atoms with Crippen LogP contribution in [0.4, 0.5) is 4.79 Å². The second kappa shape index (κ2) is 6.26. The average Bonchev–Trinajstić information content (AvgIpc) is 2.32. The molecule has 1 unspecified atom stereocenters. The van der Waals surface area contributed by atoms with Gasteiger partial charge in [0.25, 0.3) is 0 Å². The highest BCUT2D eigenvalue weighted by Gasteiger charge is 2.27. The molecule has 20 heavy (non-hydrogen) atoms. The highest BCUT2D eigenvalue weighted by atomic mass is 79.9. The van der Waals surface area contributed by atoms with E-state index < -0.39 is 17.7 Å². The minimum absolute atomic E-state index is 0.0210. The fourth-order valence-corrected chi connectivity index (χ4v) is 2.06. The highest BCUT2D eigenvalue weighted by molar-refractivity contribution is 9.10. The zero-order valence-electron chi connectivity index (χ0n) is 11.9. The van der Waals surface area contributed by atoms with Crippen molar-refractivity contribution in [3.63, 3.8) is 0 Å². The van der Waals surface area contributed by atoms with Gasteiger partial charge in [-0.2, -0.15) is 0 Å². The number of halogens is 1. The number of aromatic hydroxyl groups is 1. The molecular weight excluding hydrogens is 326 g/mol. The number of hydrogen-bond donors (Lipinski definition) is 1. The van der Waals surface area contributed by atoms with E-state index in [-0.39, 0.29) is 5.75 Å². The number of likely N-dealkylation sites (N-methyl/N-ethyl adjacent to an activating group) is 1. The molecule has 0 radical (unpaired) electrons. The van der Waals surface area contributed by atoms with Gasteiger partial charge < -0.3 is 14.6 Å². The van der Waals surface area contributed by atoms with Crippen molar-refractivity contribution in [1.82, 2.24) is 4.90 Å². The summed E-state index contributed by atoms with van der Waals surface area (Å²) in [6, 6.07) is 3.70. The Balaban J connectivity index is 3.04. The van der Waals surface area contributed by atoms with Crippen LogP contribution in [-0.4, -0.2) is 35.0 Å². The summed E-state index contributed by atoms with van der Waals surface area (Å²) in [7, 11) is 1.48. The maximum absolute atomic E-state index is 12.0. The van der Waals surface area contributed by atoms with Crippen LogP contribution in [0.1, 0.15) is 32.4 Å². The number of amides is 1. The summed E-state index contributed by atoms with van der Waals surface area (Å²) in [5.74, 6) is 0.0210. The standard InChI is InChI=1S/C14H18BrNO4/c1-14(2,3)20-13(19)16(4)12(8-17)10-7-9(18)5-6-11(10)15/h5-8,12,18H,1-4H3. The van der Waals surface area contributed by atoms with Crippen LogP contribution >= 0.6 is 15.9 Å². The molecule has 0 aliphatic heterocycles. The molecule has 1 aromatic rings. The molecule has 0 aliphatic carbocycles. The predicted molar refractivity (Wildman–Crippen MR) is 78.6 cm³/mol. The van der Waals surface area contributed by atoms with Crippen LogP contribution < -0.4 is 0 Å². The molecule has 110 valence electrons. The van der Waals surface area contributed by atoms with Crippen molar-refractivity contribution < 1.29 is 19.4 Å². The Morgan fingerprint density at radius 1 is 1.45 bits per heavy atom. The van der Waals surface area contributed by atoms with Gasteiger partial charge in [-0.25, -0.2) is 4.79 Å². The van der Waals surface area contributed by atoms with E-state index >= 15 is 0 Å². The number of nitrogens with zero attached hydrogens (tertiary/aromatic N) is 1. The largest absolute Gasteiger partial charge is 0.508 e. The van der Waals surface area contributed by atoms with E-state index in [1.807, 2.05) is 0 Å². The number of carbonyl (C=O) groups is 2. The summed E-state index contributed by atoms with van der Waals surface area (Å²) >= 11 is 3.30. The molecule has 0 aliphatic rings. The van der Waals surface area contributed by atoms with Gasteiger partial charge in [-0.15, -0.1) is 0 Å². The topological polar surface area (TPSA) is 66.8 Å². The van der Waals surface area contributed by atoms with Gasteiger partial charge in [-0.05, 0) is 44.5 Å². The summed E-state index contributed by atoms with van der Waals surface area (Å²) in [6.07, 6.45) is 0.0218. The lowest BCUT2D eigenvalue weighted by atomic mass is 10.1. The number of benzene rings is 1. The quantitative estimate of drug-likeness (QED) is 0.855. The molecule has 0 heterocycles. The highest BCUT2D eigenvalue weighted by Crippen LogP contribution is 2.30. The SMILES string of the molecule is CN(C(=O)OC(C)(C)C)C(C=O)c1cc(O)ccc1Br. The first-order chi connectivity index (χ1) is 9.15. The molecule has 5 nitrogen and oxygen atoms in total. The molecule has 0 saturated heterocycles. The van der Waals surface area contributed by atoms with Gasteiger partial charge in [-0.1, -0.05) is 15.9 Å². The Kier molecular flexibility index (Phi) is 5.16. The molecule has 1 aromatic carbocycles. The summed E-state index contributed by atoms with van der Waals surface area (Å²) in [6.45, 7) is 5.25. The van der Waals surface area contributed by atoms with Crippen molar-refractivity contribution in [3.05, 3.63) is 28.2 Å². The van der Waals surface area contributed by atoms with Gasteiger partial charge in [0, 0.05) is 11.5 Å². The molecule has 1 amide bonds. The van der Waals surface area contributed by atoms with Crippen LogP contribution in [0.2, 0.25) is 0 Å². The molecule has 0 fully saturated rings. The van der Waals surface area contributed by atoms with Crippen LogP contribution in [0.15, 0.2) is 22.7 Å². The van der Waals surface area contributed by atoms with Gasteiger partial charge in [0.2, 0.25) is 0 Å². The smallest absolute Gasteiger partial charge is 0.410 e. The normalized spacial score (nSPS) is 12.7. The van der Waals surface area contributed by atoms with E-state index in [9.17, 15) is 14.7 Å². The van der Waals surface area contributed by atoms with Crippen molar-refractivity contribution in [2.45, 2.75) is 32.4 Å². The fourth-order valence-electron chi connectivity index (χ4n) is 1.58. The van der Waals surface area contributed by atoms with Crippen molar-refractivity contribution >= 4 is 28.3 Å². The van der Waals surface area contributed by atoms with E-state index in [2.05, 4.69) is 15.9 Å². The van der Waals surface area contributed by atoms with Gasteiger partial charge in [0.1, 0.15) is 23.7 Å². The van der Waals surface area contributed by atoms with Crippen LogP contribution in [0.3, 0.4) is 0 Å². The van der Waals surface area contributed by atoms with E-state index in [4.69, 9.17) is 4.74 Å². The maximum atomic E-state index is 12.0. The number of aldehydes is 1. The second-order valence-corrected chi connectivity index (χ2v) is 6.23. The molecule has 1 rings (SSSR count). The molecule has 0 spiro atoms. The Morgan fingerprint density at radius 3 is 2.55 bits per heavy atom. The molecule has 0 saturated carbocycles. The van der Waals surface area contributed by atoms with Crippen molar-refractivity contribution in [2.24, 2.45) is 0 Å². The number of ether oxygens (including phenoxy) is 1. The van der Waals surface area contributed by atoms with E-state index in [0.717, 1.165) is 0 Å². The molecule has 0 aromatic heterocycles. The van der Waals surface area contributed by atoms with Gasteiger partial charge >= 0.3 is 6.09 Å². The first-order valence-corrected chi connectivity index (χ1v) is 6.84.